The molecule has 2 heterocycles. The highest BCUT2D eigenvalue weighted by atomic mass is 16.7. The smallest absolute Gasteiger partial charge is 0.302 e. The molecule has 2 saturated heterocycles. The minimum absolute atomic E-state index is 0.0455. The molecule has 38 heavy (non-hydrogen) atoms. The average molecular weight is 527 g/mol. The van der Waals surface area contributed by atoms with Crippen LogP contribution in [0.15, 0.2) is 23.8 Å². The largest absolute Gasteiger partial charge is 0.462 e. The number of allylic oxidation sites excluding steroid dienone is 3. The van der Waals surface area contributed by atoms with E-state index in [4.69, 9.17) is 14.2 Å². The maximum Gasteiger partial charge on any atom is 0.302 e. The number of aliphatic hydroxyl groups is 1. The number of fused-ring (bicyclic) bond motifs is 5. The molecular formula is C32H46O6. The average Bonchev–Trinajstić information content (AvgIpc) is 3.10. The Morgan fingerprint density at radius 2 is 1.76 bits per heavy atom. The number of carbonyl (C=O) groups is 2. The number of esters is 1. The number of hydrogen-bond acceptors (Lipinski definition) is 6. The van der Waals surface area contributed by atoms with Crippen molar-refractivity contribution < 1.29 is 28.9 Å². The minimum Gasteiger partial charge on any atom is -0.462 e. The fraction of sp³-hybridized carbons (Fsp3) is 0.812. The normalized spacial score (nSPS) is 52.0. The third-order valence-electron chi connectivity index (χ3n) is 12.4. The lowest BCUT2D eigenvalue weighted by Crippen LogP contribution is -2.64. The lowest BCUT2D eigenvalue weighted by atomic mass is 9.38. The fourth-order valence-electron chi connectivity index (χ4n) is 10.4. The molecule has 1 N–H and O–H groups in total. The van der Waals surface area contributed by atoms with Crippen LogP contribution < -0.4 is 0 Å². The van der Waals surface area contributed by atoms with Crippen molar-refractivity contribution in [3.63, 3.8) is 0 Å². The molecule has 0 aromatic heterocycles. The Kier molecular flexibility index (Phi) is 5.65. The van der Waals surface area contributed by atoms with Gasteiger partial charge in [0.15, 0.2) is 12.1 Å². The Morgan fingerprint density at radius 1 is 1.08 bits per heavy atom. The second-order valence-electron chi connectivity index (χ2n) is 15.0. The Balaban J connectivity index is 1.36. The molecule has 6 nitrogen and oxygen atoms in total. The highest BCUT2D eigenvalue weighted by molar-refractivity contribution is 5.95. The van der Waals surface area contributed by atoms with Gasteiger partial charge in [-0.25, -0.2) is 0 Å². The molecule has 6 rings (SSSR count). The maximum absolute atomic E-state index is 13.0. The lowest BCUT2D eigenvalue weighted by molar-refractivity contribution is -0.189. The van der Waals surface area contributed by atoms with Gasteiger partial charge in [-0.1, -0.05) is 52.3 Å². The first-order valence-corrected chi connectivity index (χ1v) is 14.7. The van der Waals surface area contributed by atoms with Crippen LogP contribution in [0.25, 0.3) is 0 Å². The summed E-state index contributed by atoms with van der Waals surface area (Å²) in [6, 6.07) is 0. The van der Waals surface area contributed by atoms with Crippen LogP contribution >= 0.6 is 0 Å². The zero-order chi connectivity index (χ0) is 27.6. The van der Waals surface area contributed by atoms with Gasteiger partial charge in [0.1, 0.15) is 12.2 Å². The van der Waals surface area contributed by atoms with Gasteiger partial charge in [0.05, 0.1) is 11.7 Å². The van der Waals surface area contributed by atoms with Crippen LogP contribution in [0.3, 0.4) is 0 Å². The van der Waals surface area contributed by atoms with E-state index >= 15 is 0 Å². The standard InChI is InChI=1S/C32H46O6/c1-17(33)36-25-16-23-28(2,3)24(34)12-14-31(23,7)22-11-13-30(6)19(9-10-21(30)32(22,25)8)18-15-20(37-27(18)35)26-29(4,5)38-26/h10,12,14,18-20,22-23,25-27,35H,9,11,13,15-16H2,1-8H3. The monoisotopic (exact) mass is 526 g/mol. The Morgan fingerprint density at radius 3 is 2.39 bits per heavy atom. The quantitative estimate of drug-likeness (QED) is 0.302. The lowest BCUT2D eigenvalue weighted by Gasteiger charge is -2.66. The number of rotatable bonds is 3. The van der Waals surface area contributed by atoms with Crippen LogP contribution in [0, 0.1) is 45.3 Å². The minimum atomic E-state index is -0.786. The van der Waals surface area contributed by atoms with Gasteiger partial charge in [0, 0.05) is 23.7 Å². The summed E-state index contributed by atoms with van der Waals surface area (Å²) in [4.78, 5) is 25.5. The molecule has 11 unspecified atom stereocenters. The summed E-state index contributed by atoms with van der Waals surface area (Å²) < 4.78 is 18.2. The molecule has 2 aliphatic heterocycles. The molecule has 6 aliphatic rings. The molecule has 210 valence electrons. The van der Waals surface area contributed by atoms with Crippen molar-refractivity contribution in [3.05, 3.63) is 23.8 Å². The Hall–Kier alpha value is -1.50. The van der Waals surface area contributed by atoms with E-state index in [9.17, 15) is 14.7 Å². The Labute approximate surface area is 227 Å². The highest BCUT2D eigenvalue weighted by Crippen LogP contribution is 2.73. The van der Waals surface area contributed by atoms with Crippen molar-refractivity contribution in [1.82, 2.24) is 0 Å². The van der Waals surface area contributed by atoms with Crippen molar-refractivity contribution in [1.29, 1.82) is 0 Å². The summed E-state index contributed by atoms with van der Waals surface area (Å²) in [5.41, 5.74) is 0.0840. The molecule has 0 bridgehead atoms. The molecule has 0 aromatic carbocycles. The van der Waals surface area contributed by atoms with E-state index in [1.54, 1.807) is 0 Å². The van der Waals surface area contributed by atoms with Gasteiger partial charge in [-0.2, -0.15) is 0 Å². The van der Waals surface area contributed by atoms with Crippen LogP contribution in [0.2, 0.25) is 0 Å². The first-order valence-electron chi connectivity index (χ1n) is 14.7. The first kappa shape index (κ1) is 26.7. The van der Waals surface area contributed by atoms with Crippen molar-refractivity contribution in [2.24, 2.45) is 45.3 Å². The van der Waals surface area contributed by atoms with E-state index in [0.29, 0.717) is 6.42 Å². The van der Waals surface area contributed by atoms with Gasteiger partial charge < -0.3 is 19.3 Å². The van der Waals surface area contributed by atoms with E-state index in [-0.39, 0.29) is 75.6 Å². The molecule has 2 saturated carbocycles. The maximum atomic E-state index is 13.0. The summed E-state index contributed by atoms with van der Waals surface area (Å²) in [7, 11) is 0. The van der Waals surface area contributed by atoms with Crippen molar-refractivity contribution in [2.45, 2.75) is 118 Å². The van der Waals surface area contributed by atoms with Crippen LogP contribution in [-0.2, 0) is 23.8 Å². The molecule has 4 aliphatic carbocycles. The number of carbonyl (C=O) groups excluding carboxylic acids is 2. The van der Waals surface area contributed by atoms with E-state index < -0.39 is 11.7 Å². The summed E-state index contributed by atoms with van der Waals surface area (Å²) >= 11 is 0. The zero-order valence-corrected chi connectivity index (χ0v) is 24.4. The molecule has 4 fully saturated rings. The van der Waals surface area contributed by atoms with Gasteiger partial charge in [-0.15, -0.1) is 0 Å². The number of aliphatic hydroxyl groups excluding tert-OH is 1. The number of epoxide rings is 1. The van der Waals surface area contributed by atoms with E-state index in [1.807, 2.05) is 6.08 Å². The molecule has 6 heteroatoms. The second-order valence-corrected chi connectivity index (χ2v) is 15.0. The molecular weight excluding hydrogens is 480 g/mol. The van der Waals surface area contributed by atoms with E-state index in [0.717, 1.165) is 25.7 Å². The molecule has 0 aromatic rings. The molecule has 0 amide bonds. The van der Waals surface area contributed by atoms with Crippen LogP contribution in [0.5, 0.6) is 0 Å². The Bertz CT molecular complexity index is 1120. The SMILES string of the molecule is CC(=O)OC1CC2C(C)(C)C(=O)C=CC2(C)C2CCC3(C)C(=CCC3C3CC(C4OC4(C)C)OC3O)C12C. The van der Waals surface area contributed by atoms with Crippen LogP contribution in [0.4, 0.5) is 0 Å². The summed E-state index contributed by atoms with van der Waals surface area (Å²) in [6.07, 6.45) is 9.71. The fourth-order valence-corrected chi connectivity index (χ4v) is 10.4. The van der Waals surface area contributed by atoms with Gasteiger partial charge in [0.2, 0.25) is 0 Å². The van der Waals surface area contributed by atoms with Crippen LogP contribution in [0.1, 0.15) is 87.5 Å². The summed E-state index contributed by atoms with van der Waals surface area (Å²) in [6.45, 7) is 16.8. The number of ether oxygens (including phenoxy) is 3. The van der Waals surface area contributed by atoms with Gasteiger partial charge in [-0.3, -0.25) is 9.59 Å². The van der Waals surface area contributed by atoms with Gasteiger partial charge >= 0.3 is 5.97 Å². The molecule has 11 atom stereocenters. The summed E-state index contributed by atoms with van der Waals surface area (Å²) in [5, 5.41) is 11.1. The zero-order valence-electron chi connectivity index (χ0n) is 24.4. The van der Waals surface area contributed by atoms with Crippen molar-refractivity contribution >= 4 is 11.8 Å². The summed E-state index contributed by atoms with van der Waals surface area (Å²) in [5.74, 6) is 0.567. The predicted molar refractivity (Wildman–Crippen MR) is 143 cm³/mol. The van der Waals surface area contributed by atoms with E-state index in [1.165, 1.54) is 12.5 Å². The van der Waals surface area contributed by atoms with Crippen molar-refractivity contribution in [2.75, 3.05) is 0 Å². The third kappa shape index (κ3) is 3.41. The number of hydrogen-bond donors (Lipinski definition) is 1. The molecule has 0 radical (unpaired) electrons. The highest BCUT2D eigenvalue weighted by Gasteiger charge is 2.69. The molecule has 0 spiro atoms. The van der Waals surface area contributed by atoms with E-state index in [2.05, 4.69) is 60.6 Å². The topological polar surface area (TPSA) is 85.4 Å². The first-order chi connectivity index (χ1) is 17.6. The predicted octanol–water partition coefficient (Wildman–Crippen LogP) is 5.38. The second kappa shape index (κ2) is 8.04. The van der Waals surface area contributed by atoms with Crippen molar-refractivity contribution in [3.8, 4) is 0 Å². The van der Waals surface area contributed by atoms with Gasteiger partial charge in [0.25, 0.3) is 0 Å². The van der Waals surface area contributed by atoms with Gasteiger partial charge in [-0.05, 0) is 80.6 Å². The third-order valence-corrected chi connectivity index (χ3v) is 12.4. The van der Waals surface area contributed by atoms with Crippen LogP contribution in [-0.4, -0.2) is 47.1 Å². The number of ketones is 1.